The maximum atomic E-state index is 13.4. The minimum Gasteiger partial charge on any atom is -0.336 e. The Hall–Kier alpha value is -2.82. The van der Waals surface area contributed by atoms with E-state index in [9.17, 15) is 4.79 Å². The van der Waals surface area contributed by atoms with Crippen LogP contribution in [-0.2, 0) is 0 Å². The number of aryl methyl sites for hydroxylation is 1. The number of hydrogen-bond acceptors (Lipinski definition) is 4. The number of carbonyl (C=O) groups excluding carboxylic acids is 1. The largest absolute Gasteiger partial charge is 0.336 e. The third kappa shape index (κ3) is 3.05. The molecule has 0 bridgehead atoms. The van der Waals surface area contributed by atoms with Gasteiger partial charge in [0.25, 0.3) is 5.91 Å². The van der Waals surface area contributed by atoms with E-state index in [1.54, 1.807) is 0 Å². The van der Waals surface area contributed by atoms with Crippen LogP contribution in [0.2, 0.25) is 0 Å². The van der Waals surface area contributed by atoms with E-state index in [2.05, 4.69) is 16.9 Å². The highest BCUT2D eigenvalue weighted by molar-refractivity contribution is 6.07. The summed E-state index contributed by atoms with van der Waals surface area (Å²) >= 11 is 0. The summed E-state index contributed by atoms with van der Waals surface area (Å²) in [6.07, 6.45) is 8.18. The molecule has 28 heavy (non-hydrogen) atoms. The maximum absolute atomic E-state index is 13.4. The first-order chi connectivity index (χ1) is 13.6. The highest BCUT2D eigenvalue weighted by Crippen LogP contribution is 2.38. The molecular weight excluding hydrogens is 348 g/mol. The first kappa shape index (κ1) is 17.3. The number of amides is 1. The second-order valence-corrected chi connectivity index (χ2v) is 8.17. The Kier molecular flexibility index (Phi) is 4.11. The van der Waals surface area contributed by atoms with Crippen LogP contribution >= 0.6 is 0 Å². The Labute approximate surface area is 164 Å². The van der Waals surface area contributed by atoms with Gasteiger partial charge in [-0.25, -0.2) is 15.0 Å². The van der Waals surface area contributed by atoms with E-state index >= 15 is 0 Å². The number of benzene rings is 1. The van der Waals surface area contributed by atoms with Crippen molar-refractivity contribution in [2.24, 2.45) is 0 Å². The van der Waals surface area contributed by atoms with Gasteiger partial charge < -0.3 is 4.90 Å². The van der Waals surface area contributed by atoms with Crippen LogP contribution < -0.4 is 0 Å². The fourth-order valence-electron chi connectivity index (χ4n) is 4.08. The van der Waals surface area contributed by atoms with Crippen molar-refractivity contribution in [2.45, 2.75) is 51.5 Å². The Balaban J connectivity index is 1.62. The molecule has 0 radical (unpaired) electrons. The number of rotatable bonds is 3. The van der Waals surface area contributed by atoms with Crippen LogP contribution in [0.5, 0.6) is 0 Å². The molecule has 142 valence electrons. The molecule has 0 spiro atoms. The van der Waals surface area contributed by atoms with Crippen LogP contribution in [0.25, 0.3) is 22.2 Å². The summed E-state index contributed by atoms with van der Waals surface area (Å²) in [5.41, 5.74) is 4.32. The van der Waals surface area contributed by atoms with E-state index in [0.29, 0.717) is 5.92 Å². The minimum atomic E-state index is 0.0954. The second kappa shape index (κ2) is 6.66. The first-order valence-electron chi connectivity index (χ1n) is 10.1. The van der Waals surface area contributed by atoms with E-state index in [-0.39, 0.29) is 11.9 Å². The molecular formula is C23H24N4O. The van der Waals surface area contributed by atoms with Gasteiger partial charge in [-0.2, -0.15) is 0 Å². The number of likely N-dealkylation sites (tertiary alicyclic amines) is 1. The van der Waals surface area contributed by atoms with Crippen LogP contribution in [0, 0.1) is 6.92 Å². The van der Waals surface area contributed by atoms with Crippen LogP contribution in [0.4, 0.5) is 0 Å². The van der Waals surface area contributed by atoms with Gasteiger partial charge in [-0.05, 0) is 57.2 Å². The monoisotopic (exact) mass is 372 g/mol. The predicted molar refractivity (Wildman–Crippen MR) is 109 cm³/mol. The van der Waals surface area contributed by atoms with Crippen molar-refractivity contribution in [1.82, 2.24) is 19.9 Å². The van der Waals surface area contributed by atoms with Crippen LogP contribution in [0.3, 0.4) is 0 Å². The van der Waals surface area contributed by atoms with E-state index in [1.807, 2.05) is 48.5 Å². The van der Waals surface area contributed by atoms with Gasteiger partial charge in [-0.3, -0.25) is 4.79 Å². The average Bonchev–Trinajstić information content (AvgIpc) is 3.47. The third-order valence-corrected chi connectivity index (χ3v) is 5.92. The molecule has 1 atom stereocenters. The average molecular weight is 372 g/mol. The Morgan fingerprint density at radius 3 is 2.57 bits per heavy atom. The van der Waals surface area contributed by atoms with Crippen molar-refractivity contribution in [1.29, 1.82) is 0 Å². The molecule has 5 nitrogen and oxygen atoms in total. The zero-order valence-corrected chi connectivity index (χ0v) is 16.4. The molecule has 2 aliphatic rings. The Morgan fingerprint density at radius 2 is 1.89 bits per heavy atom. The predicted octanol–water partition coefficient (Wildman–Crippen LogP) is 4.50. The Morgan fingerprint density at radius 1 is 1.11 bits per heavy atom. The van der Waals surface area contributed by atoms with Gasteiger partial charge in [-0.15, -0.1) is 0 Å². The lowest BCUT2D eigenvalue weighted by Gasteiger charge is -2.22. The number of carbonyl (C=O) groups is 1. The highest BCUT2D eigenvalue weighted by atomic mass is 16.2. The van der Waals surface area contributed by atoms with Gasteiger partial charge in [0.2, 0.25) is 0 Å². The number of pyridine rings is 1. The van der Waals surface area contributed by atoms with Crippen molar-refractivity contribution >= 4 is 16.8 Å². The summed E-state index contributed by atoms with van der Waals surface area (Å²) in [6, 6.07) is 8.30. The molecule has 2 fully saturated rings. The van der Waals surface area contributed by atoms with Gasteiger partial charge in [0, 0.05) is 41.8 Å². The topological polar surface area (TPSA) is 59.0 Å². The summed E-state index contributed by atoms with van der Waals surface area (Å²) in [6.45, 7) is 5.00. The molecule has 1 amide bonds. The fraction of sp³-hybridized carbons (Fsp3) is 0.391. The van der Waals surface area contributed by atoms with Gasteiger partial charge in [-0.1, -0.05) is 12.1 Å². The highest BCUT2D eigenvalue weighted by Gasteiger charge is 2.28. The van der Waals surface area contributed by atoms with Gasteiger partial charge in [0.15, 0.2) is 0 Å². The number of hydrogen-bond donors (Lipinski definition) is 0. The molecule has 5 heteroatoms. The van der Waals surface area contributed by atoms with Gasteiger partial charge >= 0.3 is 0 Å². The molecule has 1 aliphatic heterocycles. The maximum Gasteiger partial charge on any atom is 0.254 e. The lowest BCUT2D eigenvalue weighted by molar-refractivity contribution is 0.0749. The van der Waals surface area contributed by atoms with E-state index < -0.39 is 0 Å². The number of aromatic nitrogens is 3. The smallest absolute Gasteiger partial charge is 0.254 e. The SMILES string of the molecule is Cc1ccc2c(C(=O)N3CCCC3C)cc(-c3cnc(C4CC4)nc3)nc2c1. The van der Waals surface area contributed by atoms with Gasteiger partial charge in [0.1, 0.15) is 5.82 Å². The summed E-state index contributed by atoms with van der Waals surface area (Å²) in [4.78, 5) is 29.2. The normalized spacial score (nSPS) is 19.4. The van der Waals surface area contributed by atoms with E-state index in [1.165, 1.54) is 12.8 Å². The lowest BCUT2D eigenvalue weighted by atomic mass is 10.0. The summed E-state index contributed by atoms with van der Waals surface area (Å²) < 4.78 is 0. The zero-order chi connectivity index (χ0) is 19.3. The van der Waals surface area contributed by atoms with Crippen LogP contribution in [-0.4, -0.2) is 38.3 Å². The molecule has 1 unspecified atom stereocenters. The molecule has 1 saturated carbocycles. The molecule has 3 heterocycles. The number of fused-ring (bicyclic) bond motifs is 1. The van der Waals surface area contributed by atoms with Crippen molar-refractivity contribution in [3.05, 3.63) is 53.6 Å². The molecule has 1 aromatic carbocycles. The Bertz CT molecular complexity index is 1060. The summed E-state index contributed by atoms with van der Waals surface area (Å²) in [5.74, 6) is 1.54. The lowest BCUT2D eigenvalue weighted by Crippen LogP contribution is -2.33. The van der Waals surface area contributed by atoms with Crippen LogP contribution in [0.1, 0.15) is 60.3 Å². The zero-order valence-electron chi connectivity index (χ0n) is 16.4. The van der Waals surface area contributed by atoms with Crippen LogP contribution in [0.15, 0.2) is 36.7 Å². The molecule has 3 aromatic rings. The fourth-order valence-corrected chi connectivity index (χ4v) is 4.08. The standard InChI is InChI=1S/C23H24N4O/c1-14-5-8-18-19(23(28)27-9-3-4-15(27)2)11-20(26-21(18)10-14)17-12-24-22(25-13-17)16-6-7-16/h5,8,10-13,15-16H,3-4,6-7,9H2,1-2H3. The third-order valence-electron chi connectivity index (χ3n) is 5.92. The minimum absolute atomic E-state index is 0.0954. The quantitative estimate of drug-likeness (QED) is 0.679. The molecule has 5 rings (SSSR count). The van der Waals surface area contributed by atoms with Crippen molar-refractivity contribution in [2.75, 3.05) is 6.54 Å². The van der Waals surface area contributed by atoms with Gasteiger partial charge in [0.05, 0.1) is 16.8 Å². The molecule has 0 N–H and O–H groups in total. The van der Waals surface area contributed by atoms with E-state index in [4.69, 9.17) is 4.98 Å². The molecule has 1 aliphatic carbocycles. The number of nitrogens with zero attached hydrogens (tertiary/aromatic N) is 4. The van der Waals surface area contributed by atoms with E-state index in [0.717, 1.165) is 58.5 Å². The second-order valence-electron chi connectivity index (χ2n) is 8.17. The van der Waals surface area contributed by atoms with Crippen molar-refractivity contribution in [3.8, 4) is 11.3 Å². The molecule has 2 aromatic heterocycles. The van der Waals surface area contributed by atoms with Crippen molar-refractivity contribution < 1.29 is 4.79 Å². The first-order valence-corrected chi connectivity index (χ1v) is 10.1. The van der Waals surface area contributed by atoms with Crippen molar-refractivity contribution in [3.63, 3.8) is 0 Å². The summed E-state index contributed by atoms with van der Waals surface area (Å²) in [5, 5.41) is 0.911. The molecule has 1 saturated heterocycles. The summed E-state index contributed by atoms with van der Waals surface area (Å²) in [7, 11) is 0.